The van der Waals surface area contributed by atoms with Crippen LogP contribution in [0.2, 0.25) is 0 Å². The van der Waals surface area contributed by atoms with Gasteiger partial charge in [-0.25, -0.2) is 0 Å². The molecule has 0 saturated heterocycles. The van der Waals surface area contributed by atoms with Gasteiger partial charge in [-0.1, -0.05) is 6.92 Å². The first-order valence-corrected chi connectivity index (χ1v) is 10.0. The molecule has 4 saturated carbocycles. The molecule has 2 unspecified atom stereocenters. The van der Waals surface area contributed by atoms with Crippen molar-refractivity contribution >= 4 is 5.78 Å². The molecular weight excluding hydrogens is 300 g/mol. The van der Waals surface area contributed by atoms with Crippen LogP contribution in [0, 0.1) is 23.2 Å². The van der Waals surface area contributed by atoms with Crippen LogP contribution in [-0.2, 0) is 9.53 Å². The number of Topliss-reactive ketones (excluding diaryl/α,β-unsaturated/α-hetero) is 1. The highest BCUT2D eigenvalue weighted by Crippen LogP contribution is 2.59. The summed E-state index contributed by atoms with van der Waals surface area (Å²) in [6, 6.07) is -0.00865. The summed E-state index contributed by atoms with van der Waals surface area (Å²) in [5, 5.41) is 6.77. The van der Waals surface area contributed by atoms with Crippen molar-refractivity contribution in [1.29, 1.82) is 0 Å². The second kappa shape index (κ2) is 7.84. The number of nitrogens with one attached hydrogen (secondary N) is 2. The number of carbonyl (C=O) groups excluding carboxylic acids is 1. The quantitative estimate of drug-likeness (QED) is 0.602. The minimum atomic E-state index is -0.00865. The number of carbonyl (C=O) groups is 1. The Morgan fingerprint density at radius 3 is 2.21 bits per heavy atom. The molecule has 0 radical (unpaired) electrons. The van der Waals surface area contributed by atoms with E-state index >= 15 is 0 Å². The number of rotatable bonds is 10. The molecule has 4 rings (SSSR count). The molecule has 2 N–H and O–H groups in total. The molecule has 4 nitrogen and oxygen atoms in total. The van der Waals surface area contributed by atoms with Crippen molar-refractivity contribution < 1.29 is 9.53 Å². The molecule has 4 aliphatic rings. The van der Waals surface area contributed by atoms with Crippen LogP contribution in [0.1, 0.15) is 64.7 Å². The van der Waals surface area contributed by atoms with Crippen molar-refractivity contribution in [3.63, 3.8) is 0 Å². The van der Waals surface area contributed by atoms with E-state index in [0.717, 1.165) is 37.1 Å². The van der Waals surface area contributed by atoms with Gasteiger partial charge in [0.05, 0.1) is 6.04 Å². The molecule has 0 aromatic carbocycles. The molecule has 4 aliphatic carbocycles. The number of likely N-dealkylation sites (N-methyl/N-ethyl adjacent to an activating group) is 1. The summed E-state index contributed by atoms with van der Waals surface area (Å²) >= 11 is 0. The summed E-state index contributed by atoms with van der Waals surface area (Å²) in [6.45, 7) is 3.13. The van der Waals surface area contributed by atoms with Crippen LogP contribution in [0.25, 0.3) is 0 Å². The van der Waals surface area contributed by atoms with Crippen LogP contribution < -0.4 is 10.6 Å². The molecule has 0 aromatic rings. The van der Waals surface area contributed by atoms with Gasteiger partial charge in [0.2, 0.25) is 0 Å². The largest absolute Gasteiger partial charge is 0.367 e. The topological polar surface area (TPSA) is 50.4 Å². The molecule has 4 fully saturated rings. The van der Waals surface area contributed by atoms with Crippen molar-refractivity contribution in [3.05, 3.63) is 0 Å². The highest BCUT2D eigenvalue weighted by atomic mass is 16.5. The standard InChI is InChI=1S/C20H36N2O2/c1-4-17(21-2)18(23)5-6-19(24-3)22-13-20-10-14-7-15(11-20)9-16(8-14)12-20/h14-17,19,21-22H,4-13H2,1-3H3. The Morgan fingerprint density at radius 1 is 1.17 bits per heavy atom. The first-order chi connectivity index (χ1) is 11.6. The van der Waals surface area contributed by atoms with E-state index in [4.69, 9.17) is 4.74 Å². The predicted octanol–water partition coefficient (Wildman–Crippen LogP) is 3.11. The van der Waals surface area contributed by atoms with Gasteiger partial charge in [0, 0.05) is 20.1 Å². The molecule has 4 bridgehead atoms. The molecular formula is C20H36N2O2. The smallest absolute Gasteiger partial charge is 0.149 e. The van der Waals surface area contributed by atoms with E-state index in [9.17, 15) is 4.79 Å². The Balaban J connectivity index is 1.47. The van der Waals surface area contributed by atoms with Crippen LogP contribution in [0.5, 0.6) is 0 Å². The van der Waals surface area contributed by atoms with Gasteiger partial charge in [-0.05, 0) is 81.6 Å². The zero-order valence-corrected chi connectivity index (χ0v) is 15.8. The lowest BCUT2D eigenvalue weighted by Crippen LogP contribution is -2.52. The van der Waals surface area contributed by atoms with Gasteiger partial charge < -0.3 is 10.1 Å². The Labute approximate surface area is 147 Å². The first kappa shape index (κ1) is 18.3. The minimum Gasteiger partial charge on any atom is -0.367 e. The van der Waals surface area contributed by atoms with Crippen molar-refractivity contribution in [2.24, 2.45) is 23.2 Å². The number of hydrogen-bond donors (Lipinski definition) is 2. The third-order valence-corrected chi connectivity index (χ3v) is 6.95. The van der Waals surface area contributed by atoms with Gasteiger partial charge in [-0.2, -0.15) is 0 Å². The second-order valence-corrected chi connectivity index (χ2v) is 8.78. The number of ketones is 1. The minimum absolute atomic E-state index is 0.00865. The molecule has 0 aliphatic heterocycles. The molecule has 24 heavy (non-hydrogen) atoms. The third kappa shape index (κ3) is 4.03. The second-order valence-electron chi connectivity index (χ2n) is 8.78. The average molecular weight is 337 g/mol. The molecule has 0 spiro atoms. The predicted molar refractivity (Wildman–Crippen MR) is 96.8 cm³/mol. The first-order valence-electron chi connectivity index (χ1n) is 10.0. The van der Waals surface area contributed by atoms with Crippen molar-refractivity contribution in [3.8, 4) is 0 Å². The normalized spacial score (nSPS) is 36.7. The maximum absolute atomic E-state index is 12.2. The van der Waals surface area contributed by atoms with E-state index in [2.05, 4.69) is 17.6 Å². The molecule has 138 valence electrons. The summed E-state index contributed by atoms with van der Waals surface area (Å²) in [5.41, 5.74) is 0.520. The SMILES string of the molecule is CCC(NC)C(=O)CCC(NCC12CC3CC(CC(C3)C1)C2)OC. The summed E-state index contributed by atoms with van der Waals surface area (Å²) < 4.78 is 5.63. The third-order valence-electron chi connectivity index (χ3n) is 6.95. The van der Waals surface area contributed by atoms with E-state index in [-0.39, 0.29) is 12.3 Å². The lowest BCUT2D eigenvalue weighted by molar-refractivity contribution is -0.121. The fraction of sp³-hybridized carbons (Fsp3) is 0.950. The van der Waals surface area contributed by atoms with Crippen LogP contribution in [-0.4, -0.2) is 38.8 Å². The molecule has 2 atom stereocenters. The summed E-state index contributed by atoms with van der Waals surface area (Å²) in [5.74, 6) is 3.27. The average Bonchev–Trinajstić information content (AvgIpc) is 2.55. The zero-order chi connectivity index (χ0) is 17.2. The number of methoxy groups -OCH3 is 1. The van der Waals surface area contributed by atoms with E-state index in [0.29, 0.717) is 17.6 Å². The van der Waals surface area contributed by atoms with Gasteiger partial charge in [0.25, 0.3) is 0 Å². The Morgan fingerprint density at radius 2 is 1.75 bits per heavy atom. The van der Waals surface area contributed by atoms with Crippen molar-refractivity contribution in [2.75, 3.05) is 20.7 Å². The fourth-order valence-electron chi connectivity index (χ4n) is 6.18. The molecule has 4 heteroatoms. The summed E-state index contributed by atoms with van der Waals surface area (Å²) in [4.78, 5) is 12.2. The Hall–Kier alpha value is -0.450. The highest BCUT2D eigenvalue weighted by Gasteiger charge is 2.50. The molecule has 0 aromatic heterocycles. The van der Waals surface area contributed by atoms with Crippen LogP contribution in [0.4, 0.5) is 0 Å². The lowest BCUT2D eigenvalue weighted by atomic mass is 9.49. The summed E-state index contributed by atoms with van der Waals surface area (Å²) in [7, 11) is 3.63. The zero-order valence-electron chi connectivity index (χ0n) is 15.8. The van der Waals surface area contributed by atoms with Gasteiger partial charge in [-0.3, -0.25) is 10.1 Å². The van der Waals surface area contributed by atoms with E-state index < -0.39 is 0 Å². The monoisotopic (exact) mass is 336 g/mol. The molecule has 0 heterocycles. The molecule has 0 amide bonds. The van der Waals surface area contributed by atoms with E-state index in [1.807, 2.05) is 7.05 Å². The maximum atomic E-state index is 12.2. The number of ether oxygens (including phenoxy) is 1. The lowest BCUT2D eigenvalue weighted by Gasteiger charge is -2.57. The number of hydrogen-bond acceptors (Lipinski definition) is 4. The highest BCUT2D eigenvalue weighted by molar-refractivity contribution is 5.83. The van der Waals surface area contributed by atoms with E-state index in [1.165, 1.54) is 38.5 Å². The van der Waals surface area contributed by atoms with Gasteiger partial charge in [0.15, 0.2) is 0 Å². The Kier molecular flexibility index (Phi) is 5.99. The van der Waals surface area contributed by atoms with Gasteiger partial charge >= 0.3 is 0 Å². The van der Waals surface area contributed by atoms with E-state index in [1.54, 1.807) is 7.11 Å². The Bertz CT molecular complexity index is 398. The fourth-order valence-corrected chi connectivity index (χ4v) is 6.18. The van der Waals surface area contributed by atoms with Crippen molar-refractivity contribution in [1.82, 2.24) is 10.6 Å². The van der Waals surface area contributed by atoms with Gasteiger partial charge in [-0.15, -0.1) is 0 Å². The van der Waals surface area contributed by atoms with Crippen LogP contribution >= 0.6 is 0 Å². The van der Waals surface area contributed by atoms with Crippen molar-refractivity contribution in [2.45, 2.75) is 77.0 Å². The summed E-state index contributed by atoms with van der Waals surface area (Å²) in [6.07, 6.45) is 10.9. The van der Waals surface area contributed by atoms with Gasteiger partial charge in [0.1, 0.15) is 12.0 Å². The van der Waals surface area contributed by atoms with Crippen LogP contribution in [0.15, 0.2) is 0 Å². The van der Waals surface area contributed by atoms with Crippen LogP contribution in [0.3, 0.4) is 0 Å². The maximum Gasteiger partial charge on any atom is 0.149 e.